The summed E-state index contributed by atoms with van der Waals surface area (Å²) in [7, 11) is 0. The lowest BCUT2D eigenvalue weighted by Gasteiger charge is -2.03. The number of alkyl halides is 3. The summed E-state index contributed by atoms with van der Waals surface area (Å²) >= 11 is 0. The number of aromatic nitrogens is 2. The maximum absolute atomic E-state index is 11.8. The molecule has 0 fully saturated rings. The zero-order chi connectivity index (χ0) is 8.48. The van der Waals surface area contributed by atoms with Crippen LogP contribution in [0.4, 0.5) is 13.2 Å². The van der Waals surface area contributed by atoms with Crippen LogP contribution in [0.3, 0.4) is 0 Å². The second kappa shape index (κ2) is 2.48. The van der Waals surface area contributed by atoms with Gasteiger partial charge in [-0.05, 0) is 6.92 Å². The van der Waals surface area contributed by atoms with E-state index >= 15 is 0 Å². The van der Waals surface area contributed by atoms with Gasteiger partial charge in [-0.25, -0.2) is 9.97 Å². The summed E-state index contributed by atoms with van der Waals surface area (Å²) < 4.78 is 35.5. The van der Waals surface area contributed by atoms with Gasteiger partial charge in [0.1, 0.15) is 5.82 Å². The number of rotatable bonds is 0. The number of halogens is 3. The Morgan fingerprint density at radius 2 is 1.64 bits per heavy atom. The van der Waals surface area contributed by atoms with Crippen molar-refractivity contribution in [3.8, 4) is 0 Å². The molecule has 1 heterocycles. The smallest absolute Gasteiger partial charge is 0.241 e. The van der Waals surface area contributed by atoms with Crippen LogP contribution in [0.2, 0.25) is 0 Å². The average molecular weight is 162 g/mol. The van der Waals surface area contributed by atoms with Crippen LogP contribution in [0.5, 0.6) is 0 Å². The van der Waals surface area contributed by atoms with Crippen molar-refractivity contribution < 1.29 is 13.2 Å². The van der Waals surface area contributed by atoms with Crippen LogP contribution in [0.15, 0.2) is 12.4 Å². The normalized spacial score (nSPS) is 11.6. The van der Waals surface area contributed by atoms with Crippen LogP contribution < -0.4 is 0 Å². The van der Waals surface area contributed by atoms with Gasteiger partial charge in [-0.2, -0.15) is 13.2 Å². The first kappa shape index (κ1) is 7.97. The molecule has 2 nitrogen and oxygen atoms in total. The van der Waals surface area contributed by atoms with Gasteiger partial charge in [0.2, 0.25) is 0 Å². The van der Waals surface area contributed by atoms with Crippen LogP contribution in [0.1, 0.15) is 11.4 Å². The molecule has 0 radical (unpaired) electrons. The summed E-state index contributed by atoms with van der Waals surface area (Å²) in [5.41, 5.74) is -0.817. The molecular formula is C6H5F3N2. The molecule has 0 aliphatic heterocycles. The Morgan fingerprint density at radius 3 is 2.00 bits per heavy atom. The predicted octanol–water partition coefficient (Wildman–Crippen LogP) is 1.80. The molecule has 1 rings (SSSR count). The molecule has 60 valence electrons. The molecule has 0 aliphatic rings. The van der Waals surface area contributed by atoms with Gasteiger partial charge >= 0.3 is 6.18 Å². The summed E-state index contributed by atoms with van der Waals surface area (Å²) in [6, 6.07) is 0. The fourth-order valence-corrected chi connectivity index (χ4v) is 0.539. The molecular weight excluding hydrogens is 157 g/mol. The van der Waals surface area contributed by atoms with E-state index in [0.29, 0.717) is 5.82 Å². The zero-order valence-corrected chi connectivity index (χ0v) is 5.68. The number of hydrogen-bond acceptors (Lipinski definition) is 2. The van der Waals surface area contributed by atoms with E-state index in [4.69, 9.17) is 0 Å². The van der Waals surface area contributed by atoms with E-state index in [9.17, 15) is 13.2 Å². The lowest BCUT2D eigenvalue weighted by atomic mass is 10.3. The fourth-order valence-electron chi connectivity index (χ4n) is 0.539. The van der Waals surface area contributed by atoms with E-state index in [-0.39, 0.29) is 0 Å². The molecule has 0 bridgehead atoms. The van der Waals surface area contributed by atoms with E-state index in [1.807, 2.05) is 0 Å². The average Bonchev–Trinajstić information content (AvgIpc) is 1.86. The minimum atomic E-state index is -4.34. The standard InChI is InChI=1S/C6H5F3N2/c1-4-10-2-5(3-11-4)6(7,8)9/h2-3H,1H3. The van der Waals surface area contributed by atoms with Crippen LogP contribution >= 0.6 is 0 Å². The van der Waals surface area contributed by atoms with Gasteiger partial charge in [-0.1, -0.05) is 0 Å². The van der Waals surface area contributed by atoms with Crippen LogP contribution in [-0.2, 0) is 6.18 Å². The molecule has 1 aromatic rings. The van der Waals surface area contributed by atoms with Crippen LogP contribution in [0.25, 0.3) is 0 Å². The third-order valence-electron chi connectivity index (χ3n) is 1.11. The second-order valence-corrected chi connectivity index (χ2v) is 2.02. The van der Waals surface area contributed by atoms with Crippen molar-refractivity contribution in [2.75, 3.05) is 0 Å². The summed E-state index contributed by atoms with van der Waals surface area (Å²) in [6.45, 7) is 1.53. The Labute approximate surface area is 61.1 Å². The summed E-state index contributed by atoms with van der Waals surface area (Å²) in [5, 5.41) is 0. The maximum Gasteiger partial charge on any atom is 0.419 e. The Morgan fingerprint density at radius 1 is 1.18 bits per heavy atom. The summed E-state index contributed by atoms with van der Waals surface area (Å²) in [6.07, 6.45) is -2.81. The van der Waals surface area contributed by atoms with Crippen molar-refractivity contribution in [1.29, 1.82) is 0 Å². The highest BCUT2D eigenvalue weighted by atomic mass is 19.4. The van der Waals surface area contributed by atoms with Crippen molar-refractivity contribution in [2.24, 2.45) is 0 Å². The topological polar surface area (TPSA) is 25.8 Å². The van der Waals surface area contributed by atoms with Gasteiger partial charge in [0.05, 0.1) is 5.56 Å². The highest BCUT2D eigenvalue weighted by Gasteiger charge is 2.30. The van der Waals surface area contributed by atoms with Crippen LogP contribution in [0, 0.1) is 6.92 Å². The van der Waals surface area contributed by atoms with Gasteiger partial charge in [-0.15, -0.1) is 0 Å². The van der Waals surface area contributed by atoms with Crippen molar-refractivity contribution >= 4 is 0 Å². The first-order valence-electron chi connectivity index (χ1n) is 2.86. The Kier molecular flexibility index (Phi) is 1.80. The van der Waals surface area contributed by atoms with Crippen LogP contribution in [-0.4, -0.2) is 9.97 Å². The van der Waals surface area contributed by atoms with E-state index < -0.39 is 11.7 Å². The third-order valence-corrected chi connectivity index (χ3v) is 1.11. The molecule has 0 N–H and O–H groups in total. The highest BCUT2D eigenvalue weighted by molar-refractivity contribution is 5.08. The first-order chi connectivity index (χ1) is 5.00. The second-order valence-electron chi connectivity index (χ2n) is 2.02. The van der Waals surface area contributed by atoms with Crippen molar-refractivity contribution in [3.05, 3.63) is 23.8 Å². The first-order valence-corrected chi connectivity index (χ1v) is 2.86. The highest BCUT2D eigenvalue weighted by Crippen LogP contribution is 2.27. The third kappa shape index (κ3) is 1.89. The lowest BCUT2D eigenvalue weighted by Crippen LogP contribution is -2.06. The van der Waals surface area contributed by atoms with Crippen molar-refractivity contribution in [1.82, 2.24) is 9.97 Å². The summed E-state index contributed by atoms with van der Waals surface area (Å²) in [4.78, 5) is 6.83. The van der Waals surface area contributed by atoms with Gasteiger partial charge in [0.25, 0.3) is 0 Å². The quantitative estimate of drug-likeness (QED) is 0.581. The Balaban J connectivity index is 2.99. The van der Waals surface area contributed by atoms with Gasteiger partial charge < -0.3 is 0 Å². The van der Waals surface area contributed by atoms with E-state index in [2.05, 4.69) is 9.97 Å². The molecule has 0 saturated carbocycles. The zero-order valence-electron chi connectivity index (χ0n) is 5.68. The molecule has 0 saturated heterocycles. The molecule has 5 heteroatoms. The summed E-state index contributed by atoms with van der Waals surface area (Å²) in [5.74, 6) is 0.331. The molecule has 11 heavy (non-hydrogen) atoms. The monoisotopic (exact) mass is 162 g/mol. The van der Waals surface area contributed by atoms with E-state index in [0.717, 1.165) is 12.4 Å². The Hall–Kier alpha value is -1.13. The largest absolute Gasteiger partial charge is 0.419 e. The number of nitrogens with zero attached hydrogens (tertiary/aromatic N) is 2. The predicted molar refractivity (Wildman–Crippen MR) is 31.8 cm³/mol. The lowest BCUT2D eigenvalue weighted by molar-refractivity contribution is -0.138. The minimum Gasteiger partial charge on any atom is -0.241 e. The van der Waals surface area contributed by atoms with Gasteiger partial charge in [0.15, 0.2) is 0 Å². The fraction of sp³-hybridized carbons (Fsp3) is 0.333. The maximum atomic E-state index is 11.8. The molecule has 1 aromatic heterocycles. The number of hydrogen-bond donors (Lipinski definition) is 0. The molecule has 0 unspecified atom stereocenters. The Bertz CT molecular complexity index is 239. The van der Waals surface area contributed by atoms with Crippen molar-refractivity contribution in [3.63, 3.8) is 0 Å². The minimum absolute atomic E-state index is 0.331. The molecule has 0 atom stereocenters. The molecule has 0 amide bonds. The molecule has 0 spiro atoms. The van der Waals surface area contributed by atoms with E-state index in [1.165, 1.54) is 6.92 Å². The van der Waals surface area contributed by atoms with E-state index in [1.54, 1.807) is 0 Å². The van der Waals surface area contributed by atoms with Gasteiger partial charge in [0, 0.05) is 12.4 Å². The number of aryl methyl sites for hydroxylation is 1. The van der Waals surface area contributed by atoms with Crippen molar-refractivity contribution in [2.45, 2.75) is 13.1 Å². The molecule has 0 aliphatic carbocycles. The van der Waals surface area contributed by atoms with Gasteiger partial charge in [-0.3, -0.25) is 0 Å². The SMILES string of the molecule is Cc1ncc(C(F)(F)F)cn1. The molecule has 0 aromatic carbocycles.